The number of anilines is 2. The van der Waals surface area contributed by atoms with Crippen LogP contribution in [0, 0.1) is 38.0 Å². The highest BCUT2D eigenvalue weighted by Crippen LogP contribution is 2.45. The highest BCUT2D eigenvalue weighted by Gasteiger charge is 2.49. The molecule has 37 heavy (non-hydrogen) atoms. The van der Waals surface area contributed by atoms with E-state index in [1.54, 1.807) is 0 Å². The van der Waals surface area contributed by atoms with E-state index in [1.807, 2.05) is 19.9 Å². The van der Waals surface area contributed by atoms with Crippen molar-refractivity contribution in [3.05, 3.63) is 45.6 Å². The molecule has 3 heterocycles. The van der Waals surface area contributed by atoms with Crippen LogP contribution in [0.5, 0.6) is 0 Å². The first-order valence-electron chi connectivity index (χ1n) is 13.6. The molecule has 2 aliphatic heterocycles. The molecule has 200 valence electrons. The van der Waals surface area contributed by atoms with Crippen LogP contribution in [0.15, 0.2) is 18.2 Å². The minimum atomic E-state index is -0.648. The molecule has 0 bridgehead atoms. The Balaban J connectivity index is 1.20. The van der Waals surface area contributed by atoms with Crippen LogP contribution in [0.25, 0.3) is 0 Å². The van der Waals surface area contributed by atoms with E-state index in [4.69, 9.17) is 21.6 Å². The third kappa shape index (κ3) is 5.17. The van der Waals surface area contributed by atoms with Crippen molar-refractivity contribution in [3.63, 3.8) is 0 Å². The molecule has 8 heteroatoms. The van der Waals surface area contributed by atoms with E-state index >= 15 is 0 Å². The van der Waals surface area contributed by atoms with Crippen molar-refractivity contribution in [1.82, 2.24) is 14.9 Å². The molecule has 2 atom stereocenters. The molecule has 5 rings (SSSR count). The lowest BCUT2D eigenvalue weighted by Crippen LogP contribution is -2.58. The molecule has 2 aromatic rings. The zero-order valence-corrected chi connectivity index (χ0v) is 23.5. The van der Waals surface area contributed by atoms with Gasteiger partial charge in [0.25, 0.3) is 0 Å². The van der Waals surface area contributed by atoms with Gasteiger partial charge in [-0.25, -0.2) is 4.98 Å². The summed E-state index contributed by atoms with van der Waals surface area (Å²) < 4.78 is 0. The Morgan fingerprint density at radius 3 is 2.57 bits per heavy atom. The molecular weight excluding hydrogens is 486 g/mol. The summed E-state index contributed by atoms with van der Waals surface area (Å²) in [5, 5.41) is 13.8. The number of aliphatic carboxylic acids is 1. The lowest BCUT2D eigenvalue weighted by Gasteiger charge is -2.52. The lowest BCUT2D eigenvalue weighted by molar-refractivity contribution is -0.158. The van der Waals surface area contributed by atoms with E-state index in [0.717, 1.165) is 78.2 Å². The zero-order valence-electron chi connectivity index (χ0n) is 22.7. The first-order chi connectivity index (χ1) is 17.5. The van der Waals surface area contributed by atoms with Gasteiger partial charge in [-0.15, -0.1) is 0 Å². The molecule has 1 aliphatic carbocycles. The van der Waals surface area contributed by atoms with E-state index in [0.29, 0.717) is 17.9 Å². The van der Waals surface area contributed by atoms with Gasteiger partial charge in [-0.3, -0.25) is 4.79 Å². The van der Waals surface area contributed by atoms with Gasteiger partial charge in [0.05, 0.1) is 11.5 Å². The molecule has 1 aromatic heterocycles. The Labute approximate surface area is 225 Å². The average Bonchev–Trinajstić information content (AvgIpc) is 2.79. The number of aryl methyl sites for hydroxylation is 2. The molecule has 1 saturated carbocycles. The van der Waals surface area contributed by atoms with Crippen molar-refractivity contribution in [2.75, 3.05) is 36.4 Å². The smallest absolute Gasteiger partial charge is 0.309 e. The minimum Gasteiger partial charge on any atom is -0.481 e. The van der Waals surface area contributed by atoms with Gasteiger partial charge in [-0.1, -0.05) is 23.7 Å². The predicted octanol–water partition coefficient (Wildman–Crippen LogP) is 5.63. The van der Waals surface area contributed by atoms with Crippen LogP contribution in [-0.4, -0.2) is 58.2 Å². The number of nitrogens with zero attached hydrogens (tertiary/aromatic N) is 4. The number of hydrogen-bond donors (Lipinski definition) is 2. The van der Waals surface area contributed by atoms with Gasteiger partial charge in [0.2, 0.25) is 5.95 Å². The standard InChI is InChI=1S/C29H40ClN5O2/c1-17-8-9-24(25(30)11-17)20(4)31-26-18(2)19(3)32-28(33-26)35-15-22(16-35)21-7-6-10-34(14-21)23-12-29(5,13-23)27(36)37/h8-9,11,20-23H,6-7,10,12-16H2,1-5H3,(H,36,37)(H,31,32,33)/t20-,21+,23-,29-/m1/s1. The Morgan fingerprint density at radius 1 is 1.16 bits per heavy atom. The van der Waals surface area contributed by atoms with Crippen molar-refractivity contribution >= 4 is 29.3 Å². The van der Waals surface area contributed by atoms with E-state index in [9.17, 15) is 9.90 Å². The highest BCUT2D eigenvalue weighted by molar-refractivity contribution is 6.31. The number of piperidine rings is 1. The number of hydrogen-bond acceptors (Lipinski definition) is 6. The maximum absolute atomic E-state index is 11.5. The van der Waals surface area contributed by atoms with Gasteiger partial charge in [0.1, 0.15) is 5.82 Å². The first-order valence-corrected chi connectivity index (χ1v) is 14.0. The fourth-order valence-corrected chi connectivity index (χ4v) is 6.70. The molecule has 0 unspecified atom stereocenters. The fourth-order valence-electron chi connectivity index (χ4n) is 6.31. The van der Waals surface area contributed by atoms with Gasteiger partial charge in [-0.05, 0) is 95.9 Å². The van der Waals surface area contributed by atoms with E-state index in [2.05, 4.69) is 48.0 Å². The quantitative estimate of drug-likeness (QED) is 0.484. The van der Waals surface area contributed by atoms with Crippen LogP contribution in [0.1, 0.15) is 68.0 Å². The predicted molar refractivity (Wildman–Crippen MR) is 148 cm³/mol. The Morgan fingerprint density at radius 2 is 1.89 bits per heavy atom. The normalized spacial score (nSPS) is 27.4. The number of aromatic nitrogens is 2. The summed E-state index contributed by atoms with van der Waals surface area (Å²) in [5.41, 5.74) is 3.74. The molecule has 3 fully saturated rings. The number of carbonyl (C=O) groups is 1. The largest absolute Gasteiger partial charge is 0.481 e. The Bertz CT molecular complexity index is 1180. The number of halogens is 1. The number of rotatable bonds is 7. The van der Waals surface area contributed by atoms with Crippen LogP contribution in [0.4, 0.5) is 11.8 Å². The average molecular weight is 526 g/mol. The number of likely N-dealkylation sites (tertiary alicyclic amines) is 1. The third-order valence-corrected chi connectivity index (χ3v) is 9.43. The van der Waals surface area contributed by atoms with Crippen LogP contribution in [0.3, 0.4) is 0 Å². The molecule has 0 spiro atoms. The van der Waals surface area contributed by atoms with Crippen LogP contribution in [0.2, 0.25) is 5.02 Å². The van der Waals surface area contributed by atoms with Crippen LogP contribution < -0.4 is 10.2 Å². The summed E-state index contributed by atoms with van der Waals surface area (Å²) in [6.45, 7) is 14.3. The number of carboxylic acid groups (broad SMARTS) is 1. The maximum atomic E-state index is 11.5. The molecule has 7 nitrogen and oxygen atoms in total. The molecule has 1 aromatic carbocycles. The van der Waals surface area contributed by atoms with Gasteiger partial charge < -0.3 is 20.2 Å². The second-order valence-corrected chi connectivity index (χ2v) is 12.4. The van der Waals surface area contributed by atoms with Crippen LogP contribution in [-0.2, 0) is 4.79 Å². The maximum Gasteiger partial charge on any atom is 0.309 e. The highest BCUT2D eigenvalue weighted by atomic mass is 35.5. The Kier molecular flexibility index (Phi) is 7.14. The summed E-state index contributed by atoms with van der Waals surface area (Å²) in [7, 11) is 0. The topological polar surface area (TPSA) is 81.6 Å². The molecule has 2 saturated heterocycles. The summed E-state index contributed by atoms with van der Waals surface area (Å²) in [6.07, 6.45) is 4.02. The van der Waals surface area contributed by atoms with Gasteiger partial charge in [0, 0.05) is 42.0 Å². The molecule has 3 aliphatic rings. The summed E-state index contributed by atoms with van der Waals surface area (Å²) in [5.74, 6) is 2.32. The second kappa shape index (κ2) is 10.1. The number of carboxylic acids is 1. The Hall–Kier alpha value is -2.38. The van der Waals surface area contributed by atoms with E-state index in [1.165, 1.54) is 12.8 Å². The molecular formula is C29H40ClN5O2. The van der Waals surface area contributed by atoms with Crippen LogP contribution >= 0.6 is 11.6 Å². The number of benzene rings is 1. The van der Waals surface area contributed by atoms with Crippen molar-refractivity contribution < 1.29 is 9.90 Å². The van der Waals surface area contributed by atoms with Gasteiger partial charge in [0.15, 0.2) is 0 Å². The summed E-state index contributed by atoms with van der Waals surface area (Å²) in [6, 6.07) is 6.63. The van der Waals surface area contributed by atoms with Gasteiger partial charge in [-0.2, -0.15) is 4.98 Å². The van der Waals surface area contributed by atoms with Crippen molar-refractivity contribution in [3.8, 4) is 0 Å². The van der Waals surface area contributed by atoms with E-state index < -0.39 is 11.4 Å². The summed E-state index contributed by atoms with van der Waals surface area (Å²) >= 11 is 6.52. The van der Waals surface area contributed by atoms with Crippen molar-refractivity contribution in [2.24, 2.45) is 17.3 Å². The lowest BCUT2D eigenvalue weighted by atomic mass is 9.65. The molecule has 0 radical (unpaired) electrons. The zero-order chi connectivity index (χ0) is 26.5. The van der Waals surface area contributed by atoms with Gasteiger partial charge >= 0.3 is 5.97 Å². The van der Waals surface area contributed by atoms with Crippen molar-refractivity contribution in [2.45, 2.75) is 72.4 Å². The number of nitrogens with one attached hydrogen (secondary N) is 1. The molecule has 2 N–H and O–H groups in total. The fraction of sp³-hybridized carbons (Fsp3) is 0.621. The second-order valence-electron chi connectivity index (χ2n) is 12.0. The van der Waals surface area contributed by atoms with Crippen molar-refractivity contribution in [1.29, 1.82) is 0 Å². The monoisotopic (exact) mass is 525 g/mol. The molecule has 0 amide bonds. The SMILES string of the molecule is Cc1ccc([C@@H](C)Nc2nc(N3CC([C@H]4CCCN([C@H]5C[C@](C)(C(=O)O)C5)C4)C3)nc(C)c2C)c(Cl)c1. The third-order valence-electron chi connectivity index (χ3n) is 9.11. The van der Waals surface area contributed by atoms with E-state index in [-0.39, 0.29) is 6.04 Å². The summed E-state index contributed by atoms with van der Waals surface area (Å²) in [4.78, 5) is 26.1. The minimum absolute atomic E-state index is 0.0285. The first kappa shape index (κ1) is 26.2.